The fourth-order valence-electron chi connectivity index (χ4n) is 1.54. The van der Waals surface area contributed by atoms with Gasteiger partial charge in [0.15, 0.2) is 11.6 Å². The average molecular weight is 231 g/mol. The highest BCUT2D eigenvalue weighted by atomic mass is 16.3. The first-order valence-corrected chi connectivity index (χ1v) is 5.99. The summed E-state index contributed by atoms with van der Waals surface area (Å²) >= 11 is 0. The molecule has 90 valence electrons. The Balaban J connectivity index is 2.32. The summed E-state index contributed by atoms with van der Waals surface area (Å²) in [5, 5.41) is 3.28. The number of hydrogen-bond acceptors (Lipinski definition) is 4. The van der Waals surface area contributed by atoms with Gasteiger partial charge in [-0.15, -0.1) is 0 Å². The summed E-state index contributed by atoms with van der Waals surface area (Å²) in [6.45, 7) is 5.12. The first-order valence-electron chi connectivity index (χ1n) is 5.99. The second-order valence-corrected chi connectivity index (χ2v) is 3.83. The minimum absolute atomic E-state index is 0.646. The summed E-state index contributed by atoms with van der Waals surface area (Å²) in [6, 6.07) is 5.71. The Hall–Kier alpha value is -1.84. The third-order valence-corrected chi connectivity index (χ3v) is 2.44. The summed E-state index contributed by atoms with van der Waals surface area (Å²) in [4.78, 5) is 8.90. The zero-order chi connectivity index (χ0) is 12.1. The van der Waals surface area contributed by atoms with Gasteiger partial charge in [-0.2, -0.15) is 0 Å². The number of nitrogens with zero attached hydrogens (tertiary/aromatic N) is 2. The molecule has 0 saturated heterocycles. The molecule has 2 aromatic rings. The highest BCUT2D eigenvalue weighted by Gasteiger charge is 2.07. The largest absolute Gasteiger partial charge is 0.461 e. The fourth-order valence-corrected chi connectivity index (χ4v) is 1.54. The SMILES string of the molecule is CCCNc1cc(CC)nc(-c2ccco2)n1. The summed E-state index contributed by atoms with van der Waals surface area (Å²) in [5.41, 5.74) is 1.02. The Labute approximate surface area is 101 Å². The third-order valence-electron chi connectivity index (χ3n) is 2.44. The normalized spacial score (nSPS) is 10.5. The molecule has 0 saturated carbocycles. The smallest absolute Gasteiger partial charge is 0.197 e. The molecule has 0 aliphatic carbocycles. The van der Waals surface area contributed by atoms with E-state index in [1.807, 2.05) is 18.2 Å². The number of aryl methyl sites for hydroxylation is 1. The highest BCUT2D eigenvalue weighted by molar-refractivity contribution is 5.51. The minimum Gasteiger partial charge on any atom is -0.461 e. The Morgan fingerprint density at radius 2 is 2.18 bits per heavy atom. The van der Waals surface area contributed by atoms with Crippen LogP contribution in [0.1, 0.15) is 26.0 Å². The molecule has 0 aliphatic rings. The first-order chi connectivity index (χ1) is 8.33. The van der Waals surface area contributed by atoms with Crippen molar-refractivity contribution in [2.24, 2.45) is 0 Å². The van der Waals surface area contributed by atoms with E-state index in [9.17, 15) is 0 Å². The topological polar surface area (TPSA) is 51.0 Å². The lowest BCUT2D eigenvalue weighted by molar-refractivity contribution is 0.577. The van der Waals surface area contributed by atoms with E-state index in [1.165, 1.54) is 0 Å². The number of furan rings is 1. The lowest BCUT2D eigenvalue weighted by Crippen LogP contribution is -2.05. The van der Waals surface area contributed by atoms with Gasteiger partial charge < -0.3 is 9.73 Å². The van der Waals surface area contributed by atoms with Gasteiger partial charge in [0, 0.05) is 18.3 Å². The van der Waals surface area contributed by atoms with Crippen LogP contribution in [-0.4, -0.2) is 16.5 Å². The van der Waals surface area contributed by atoms with E-state index in [0.29, 0.717) is 11.6 Å². The van der Waals surface area contributed by atoms with Crippen LogP contribution in [0.5, 0.6) is 0 Å². The predicted molar refractivity (Wildman–Crippen MR) is 67.9 cm³/mol. The van der Waals surface area contributed by atoms with Gasteiger partial charge in [-0.3, -0.25) is 0 Å². The molecule has 2 aromatic heterocycles. The van der Waals surface area contributed by atoms with Crippen molar-refractivity contribution in [2.75, 3.05) is 11.9 Å². The molecule has 0 fully saturated rings. The monoisotopic (exact) mass is 231 g/mol. The van der Waals surface area contributed by atoms with E-state index in [0.717, 1.165) is 30.9 Å². The van der Waals surface area contributed by atoms with Crippen LogP contribution in [0, 0.1) is 0 Å². The molecule has 17 heavy (non-hydrogen) atoms. The molecule has 0 amide bonds. The maximum absolute atomic E-state index is 5.33. The zero-order valence-electron chi connectivity index (χ0n) is 10.2. The van der Waals surface area contributed by atoms with Gasteiger partial charge in [-0.05, 0) is 25.0 Å². The molecule has 0 aromatic carbocycles. The maximum atomic E-state index is 5.33. The van der Waals surface area contributed by atoms with E-state index in [-0.39, 0.29) is 0 Å². The van der Waals surface area contributed by atoms with Crippen molar-refractivity contribution in [2.45, 2.75) is 26.7 Å². The van der Waals surface area contributed by atoms with Crippen LogP contribution in [0.15, 0.2) is 28.9 Å². The van der Waals surface area contributed by atoms with E-state index < -0.39 is 0 Å². The molecular weight excluding hydrogens is 214 g/mol. The number of hydrogen-bond donors (Lipinski definition) is 1. The lowest BCUT2D eigenvalue weighted by Gasteiger charge is -2.07. The Morgan fingerprint density at radius 1 is 1.29 bits per heavy atom. The van der Waals surface area contributed by atoms with Crippen LogP contribution in [0.3, 0.4) is 0 Å². The van der Waals surface area contributed by atoms with Crippen LogP contribution < -0.4 is 5.32 Å². The summed E-state index contributed by atoms with van der Waals surface area (Å²) in [6.07, 6.45) is 3.59. The van der Waals surface area contributed by atoms with Gasteiger partial charge >= 0.3 is 0 Å². The van der Waals surface area contributed by atoms with Crippen LogP contribution in [0.2, 0.25) is 0 Å². The van der Waals surface area contributed by atoms with Crippen LogP contribution in [0.25, 0.3) is 11.6 Å². The molecule has 2 heterocycles. The average Bonchev–Trinajstić information content (AvgIpc) is 2.89. The summed E-state index contributed by atoms with van der Waals surface area (Å²) in [7, 11) is 0. The number of aromatic nitrogens is 2. The molecule has 1 N–H and O–H groups in total. The molecule has 0 atom stereocenters. The molecule has 4 heteroatoms. The van der Waals surface area contributed by atoms with E-state index >= 15 is 0 Å². The van der Waals surface area contributed by atoms with Crippen molar-refractivity contribution < 1.29 is 4.42 Å². The van der Waals surface area contributed by atoms with Crippen molar-refractivity contribution in [1.82, 2.24) is 9.97 Å². The Bertz CT molecular complexity index is 466. The minimum atomic E-state index is 0.646. The van der Waals surface area contributed by atoms with E-state index in [1.54, 1.807) is 6.26 Å². The van der Waals surface area contributed by atoms with Gasteiger partial charge in [0.2, 0.25) is 0 Å². The lowest BCUT2D eigenvalue weighted by atomic mass is 10.3. The van der Waals surface area contributed by atoms with E-state index in [2.05, 4.69) is 29.1 Å². The molecule has 4 nitrogen and oxygen atoms in total. The fraction of sp³-hybridized carbons (Fsp3) is 0.385. The molecule has 0 unspecified atom stereocenters. The maximum Gasteiger partial charge on any atom is 0.197 e. The van der Waals surface area contributed by atoms with Gasteiger partial charge in [0.25, 0.3) is 0 Å². The van der Waals surface area contributed by atoms with Gasteiger partial charge in [0.1, 0.15) is 5.82 Å². The first kappa shape index (κ1) is 11.6. The second-order valence-electron chi connectivity index (χ2n) is 3.83. The van der Waals surface area contributed by atoms with Crippen LogP contribution in [-0.2, 0) is 6.42 Å². The van der Waals surface area contributed by atoms with Crippen molar-refractivity contribution in [3.8, 4) is 11.6 Å². The molecule has 0 radical (unpaired) electrons. The summed E-state index contributed by atoms with van der Waals surface area (Å²) in [5.74, 6) is 2.22. The standard InChI is InChI=1S/C13H17N3O/c1-3-7-14-12-9-10(4-2)15-13(16-12)11-6-5-8-17-11/h5-6,8-9H,3-4,7H2,1-2H3,(H,14,15,16). The Morgan fingerprint density at radius 3 is 2.82 bits per heavy atom. The second kappa shape index (κ2) is 5.48. The Kier molecular flexibility index (Phi) is 3.75. The van der Waals surface area contributed by atoms with Crippen LogP contribution in [0.4, 0.5) is 5.82 Å². The van der Waals surface area contributed by atoms with Crippen molar-refractivity contribution >= 4 is 5.82 Å². The zero-order valence-corrected chi connectivity index (χ0v) is 10.2. The van der Waals surface area contributed by atoms with Gasteiger partial charge in [-0.25, -0.2) is 9.97 Å². The van der Waals surface area contributed by atoms with Crippen molar-refractivity contribution in [1.29, 1.82) is 0 Å². The van der Waals surface area contributed by atoms with E-state index in [4.69, 9.17) is 4.42 Å². The summed E-state index contributed by atoms with van der Waals surface area (Å²) < 4.78 is 5.33. The number of rotatable bonds is 5. The quantitative estimate of drug-likeness (QED) is 0.859. The number of anilines is 1. The molecule has 0 bridgehead atoms. The molecule has 0 spiro atoms. The molecule has 0 aliphatic heterocycles. The third kappa shape index (κ3) is 2.84. The van der Waals surface area contributed by atoms with Crippen molar-refractivity contribution in [3.63, 3.8) is 0 Å². The van der Waals surface area contributed by atoms with Gasteiger partial charge in [-0.1, -0.05) is 13.8 Å². The van der Waals surface area contributed by atoms with Crippen molar-refractivity contribution in [3.05, 3.63) is 30.2 Å². The predicted octanol–water partition coefficient (Wildman–Crippen LogP) is 3.12. The highest BCUT2D eigenvalue weighted by Crippen LogP contribution is 2.18. The molecular formula is C13H17N3O. The number of nitrogens with one attached hydrogen (secondary N) is 1. The van der Waals surface area contributed by atoms with Gasteiger partial charge in [0.05, 0.1) is 6.26 Å². The van der Waals surface area contributed by atoms with Crippen LogP contribution >= 0.6 is 0 Å². The molecule has 2 rings (SSSR count).